The van der Waals surface area contributed by atoms with Crippen molar-refractivity contribution in [3.8, 4) is 6.07 Å². The van der Waals surface area contributed by atoms with Crippen LogP contribution in [0.15, 0.2) is 30.3 Å². The number of amides is 2. The van der Waals surface area contributed by atoms with Crippen LogP contribution >= 0.6 is 22.9 Å². The van der Waals surface area contributed by atoms with Gasteiger partial charge in [-0.15, -0.1) is 0 Å². The van der Waals surface area contributed by atoms with E-state index in [9.17, 15) is 13.6 Å². The van der Waals surface area contributed by atoms with Crippen LogP contribution in [0.4, 0.5) is 24.4 Å². The fraction of sp³-hybridized carbons (Fsp3) is 0. The van der Waals surface area contributed by atoms with Gasteiger partial charge < -0.3 is 5.32 Å². The van der Waals surface area contributed by atoms with Gasteiger partial charge in [-0.25, -0.2) is 18.6 Å². The maximum atomic E-state index is 13.7. The lowest BCUT2D eigenvalue weighted by molar-refractivity contribution is 0.262. The highest BCUT2D eigenvalue weighted by molar-refractivity contribution is 7.22. The van der Waals surface area contributed by atoms with Crippen LogP contribution < -0.4 is 10.6 Å². The van der Waals surface area contributed by atoms with E-state index in [1.54, 1.807) is 18.2 Å². The number of thiazole rings is 1. The molecule has 2 amide bonds. The summed E-state index contributed by atoms with van der Waals surface area (Å²) in [6.07, 6.45) is 0. The van der Waals surface area contributed by atoms with E-state index in [2.05, 4.69) is 15.6 Å². The SMILES string of the molecule is N#Cc1cc(F)c(NC(=O)Nc2nc3ccc(Cl)cc3s2)cc1F. The molecular formula is C15H7ClF2N4OS. The first-order valence-corrected chi connectivity index (χ1v) is 7.69. The molecule has 0 aliphatic carbocycles. The molecule has 2 aromatic carbocycles. The number of anilines is 2. The number of fused-ring (bicyclic) bond motifs is 1. The third-order valence-corrected chi connectivity index (χ3v) is 4.17. The largest absolute Gasteiger partial charge is 0.325 e. The minimum atomic E-state index is -0.927. The molecule has 0 atom stereocenters. The zero-order valence-corrected chi connectivity index (χ0v) is 13.3. The minimum Gasteiger partial charge on any atom is -0.305 e. The Labute approximate surface area is 143 Å². The average Bonchev–Trinajstić information content (AvgIpc) is 2.91. The van der Waals surface area contributed by atoms with Crippen molar-refractivity contribution < 1.29 is 13.6 Å². The molecule has 1 heterocycles. The molecule has 0 aliphatic heterocycles. The molecule has 0 aliphatic rings. The van der Waals surface area contributed by atoms with Gasteiger partial charge in [0.05, 0.1) is 21.5 Å². The van der Waals surface area contributed by atoms with Crippen LogP contribution in [-0.2, 0) is 0 Å². The van der Waals surface area contributed by atoms with Crippen LogP contribution in [0.2, 0.25) is 5.02 Å². The van der Waals surface area contributed by atoms with Gasteiger partial charge in [0, 0.05) is 11.1 Å². The van der Waals surface area contributed by atoms with Gasteiger partial charge in [0.1, 0.15) is 17.7 Å². The van der Waals surface area contributed by atoms with Gasteiger partial charge in [0.25, 0.3) is 0 Å². The Kier molecular flexibility index (Phi) is 4.29. The van der Waals surface area contributed by atoms with Gasteiger partial charge in [-0.05, 0) is 24.3 Å². The van der Waals surface area contributed by atoms with Gasteiger partial charge >= 0.3 is 6.03 Å². The van der Waals surface area contributed by atoms with Crippen LogP contribution in [0.3, 0.4) is 0 Å². The van der Waals surface area contributed by atoms with E-state index in [4.69, 9.17) is 16.9 Å². The zero-order chi connectivity index (χ0) is 17.3. The molecular weight excluding hydrogens is 358 g/mol. The van der Waals surface area contributed by atoms with Gasteiger partial charge in [-0.3, -0.25) is 5.32 Å². The number of carbonyl (C=O) groups is 1. The zero-order valence-electron chi connectivity index (χ0n) is 11.7. The highest BCUT2D eigenvalue weighted by atomic mass is 35.5. The molecule has 0 unspecified atom stereocenters. The number of urea groups is 1. The van der Waals surface area contributed by atoms with Gasteiger partial charge in [0.2, 0.25) is 0 Å². The molecule has 24 heavy (non-hydrogen) atoms. The molecule has 0 spiro atoms. The van der Waals surface area contributed by atoms with Crippen LogP contribution in [0.25, 0.3) is 10.2 Å². The summed E-state index contributed by atoms with van der Waals surface area (Å²) in [5, 5.41) is 14.1. The number of hydrogen-bond donors (Lipinski definition) is 2. The molecule has 0 saturated carbocycles. The summed E-state index contributed by atoms with van der Waals surface area (Å²) >= 11 is 7.06. The van der Waals surface area contributed by atoms with Crippen molar-refractivity contribution in [2.24, 2.45) is 0 Å². The molecule has 3 aromatic rings. The van der Waals surface area contributed by atoms with E-state index < -0.39 is 23.2 Å². The molecule has 0 bridgehead atoms. The Bertz CT molecular complexity index is 999. The van der Waals surface area contributed by atoms with Crippen molar-refractivity contribution in [2.75, 3.05) is 10.6 Å². The quantitative estimate of drug-likeness (QED) is 0.689. The van der Waals surface area contributed by atoms with Crippen LogP contribution in [-0.4, -0.2) is 11.0 Å². The number of nitrogens with zero attached hydrogens (tertiary/aromatic N) is 2. The first kappa shape index (κ1) is 16.1. The van der Waals surface area contributed by atoms with Crippen molar-refractivity contribution in [3.05, 3.63) is 52.6 Å². The Hall–Kier alpha value is -2.76. The molecule has 0 radical (unpaired) electrons. The van der Waals surface area contributed by atoms with Gasteiger partial charge in [-0.2, -0.15) is 5.26 Å². The number of benzene rings is 2. The molecule has 3 rings (SSSR count). The summed E-state index contributed by atoms with van der Waals surface area (Å²) in [7, 11) is 0. The lowest BCUT2D eigenvalue weighted by Gasteiger charge is -2.07. The second-order valence-electron chi connectivity index (χ2n) is 4.63. The number of nitrogens with one attached hydrogen (secondary N) is 2. The van der Waals surface area contributed by atoms with E-state index in [0.717, 1.165) is 10.8 Å². The Morgan fingerprint density at radius 1 is 1.21 bits per heavy atom. The van der Waals surface area contributed by atoms with Crippen LogP contribution in [0.5, 0.6) is 0 Å². The predicted molar refractivity (Wildman–Crippen MR) is 88.3 cm³/mol. The van der Waals surface area contributed by atoms with Crippen molar-refractivity contribution >= 4 is 50.0 Å². The fourth-order valence-electron chi connectivity index (χ4n) is 1.93. The van der Waals surface area contributed by atoms with Gasteiger partial charge in [-0.1, -0.05) is 22.9 Å². The molecule has 2 N–H and O–H groups in total. The molecule has 5 nitrogen and oxygen atoms in total. The lowest BCUT2D eigenvalue weighted by Crippen LogP contribution is -2.20. The Morgan fingerprint density at radius 3 is 2.75 bits per heavy atom. The number of rotatable bonds is 2. The Balaban J connectivity index is 1.77. The minimum absolute atomic E-state index is 0.277. The van der Waals surface area contributed by atoms with E-state index in [-0.39, 0.29) is 10.8 Å². The van der Waals surface area contributed by atoms with Crippen LogP contribution in [0.1, 0.15) is 5.56 Å². The topological polar surface area (TPSA) is 77.8 Å². The first-order valence-electron chi connectivity index (χ1n) is 6.49. The molecule has 0 saturated heterocycles. The van der Waals surface area contributed by atoms with Crippen molar-refractivity contribution in [1.29, 1.82) is 5.26 Å². The lowest BCUT2D eigenvalue weighted by atomic mass is 10.2. The second kappa shape index (κ2) is 6.39. The third kappa shape index (κ3) is 3.27. The predicted octanol–water partition coefficient (Wildman–Crippen LogP) is 4.74. The summed E-state index contributed by atoms with van der Waals surface area (Å²) in [4.78, 5) is 16.1. The number of aromatic nitrogens is 1. The first-order chi connectivity index (χ1) is 11.5. The third-order valence-electron chi connectivity index (χ3n) is 3.00. The molecule has 0 fully saturated rings. The number of nitriles is 1. The normalized spacial score (nSPS) is 10.4. The molecule has 120 valence electrons. The summed E-state index contributed by atoms with van der Waals surface area (Å²) in [6, 6.07) is 7.25. The summed E-state index contributed by atoms with van der Waals surface area (Å²) in [6.45, 7) is 0. The highest BCUT2D eigenvalue weighted by Crippen LogP contribution is 2.28. The summed E-state index contributed by atoms with van der Waals surface area (Å²) < 4.78 is 28.0. The van der Waals surface area contributed by atoms with E-state index >= 15 is 0 Å². The van der Waals surface area contributed by atoms with E-state index in [0.29, 0.717) is 16.6 Å². The maximum Gasteiger partial charge on any atom is 0.325 e. The Morgan fingerprint density at radius 2 is 2.00 bits per heavy atom. The summed E-state index contributed by atoms with van der Waals surface area (Å²) in [5.41, 5.74) is -0.176. The second-order valence-corrected chi connectivity index (χ2v) is 6.10. The number of halogens is 3. The van der Waals surface area contributed by atoms with E-state index in [1.807, 2.05) is 0 Å². The van der Waals surface area contributed by atoms with E-state index in [1.165, 1.54) is 17.4 Å². The standard InChI is InChI=1S/C15H7ClF2N4OS/c16-8-1-2-11-13(4-8)24-15(21-11)22-14(23)20-12-5-9(17)7(6-19)3-10(12)18/h1-5H,(H2,20,21,22,23). The molecule has 1 aromatic heterocycles. The van der Waals surface area contributed by atoms with Gasteiger partial charge in [0.15, 0.2) is 5.13 Å². The smallest absolute Gasteiger partial charge is 0.305 e. The highest BCUT2D eigenvalue weighted by Gasteiger charge is 2.13. The van der Waals surface area contributed by atoms with Crippen molar-refractivity contribution in [2.45, 2.75) is 0 Å². The van der Waals surface area contributed by atoms with Crippen molar-refractivity contribution in [3.63, 3.8) is 0 Å². The average molecular weight is 365 g/mol. The number of hydrogen-bond acceptors (Lipinski definition) is 4. The number of carbonyl (C=O) groups excluding carboxylic acids is 1. The molecule has 9 heteroatoms. The monoisotopic (exact) mass is 364 g/mol. The maximum absolute atomic E-state index is 13.7. The van der Waals surface area contributed by atoms with Crippen LogP contribution in [0, 0.1) is 23.0 Å². The summed E-state index contributed by atoms with van der Waals surface area (Å²) in [5.74, 6) is -1.84. The fourth-order valence-corrected chi connectivity index (χ4v) is 3.07. The van der Waals surface area contributed by atoms with Crippen molar-refractivity contribution in [1.82, 2.24) is 4.98 Å².